The molecule has 1 aliphatic heterocycles. The van der Waals surface area contributed by atoms with Gasteiger partial charge in [0.2, 0.25) is 5.91 Å². The third-order valence-corrected chi connectivity index (χ3v) is 3.71. The van der Waals surface area contributed by atoms with Gasteiger partial charge in [0, 0.05) is 29.2 Å². The molecule has 3 amide bonds. The maximum atomic E-state index is 11.9. The SMILES string of the molecule is C[C@@H](NCC(=O)N1CCNC1=O)c1ccc(Cl)cc1Cl. The van der Waals surface area contributed by atoms with Gasteiger partial charge in [-0.1, -0.05) is 29.3 Å². The molecule has 1 aliphatic rings. The molecule has 1 saturated heterocycles. The van der Waals surface area contributed by atoms with Crippen LogP contribution in [0.4, 0.5) is 4.79 Å². The number of urea groups is 1. The van der Waals surface area contributed by atoms with Crippen LogP contribution in [-0.4, -0.2) is 36.5 Å². The third kappa shape index (κ3) is 3.42. The molecule has 0 radical (unpaired) electrons. The van der Waals surface area contributed by atoms with Crippen molar-refractivity contribution in [2.75, 3.05) is 19.6 Å². The molecule has 1 aromatic rings. The molecule has 7 heteroatoms. The highest BCUT2D eigenvalue weighted by molar-refractivity contribution is 6.35. The number of rotatable bonds is 4. The highest BCUT2D eigenvalue weighted by atomic mass is 35.5. The van der Waals surface area contributed by atoms with Crippen LogP contribution in [0.5, 0.6) is 0 Å². The highest BCUT2D eigenvalue weighted by Gasteiger charge is 2.26. The molecule has 0 spiro atoms. The van der Waals surface area contributed by atoms with E-state index in [1.165, 1.54) is 4.90 Å². The second-order valence-corrected chi connectivity index (χ2v) is 5.39. The topological polar surface area (TPSA) is 61.4 Å². The molecule has 2 rings (SSSR count). The monoisotopic (exact) mass is 315 g/mol. The number of imide groups is 1. The Morgan fingerprint density at radius 3 is 2.85 bits per heavy atom. The minimum atomic E-state index is -0.339. The summed E-state index contributed by atoms with van der Waals surface area (Å²) < 4.78 is 0. The van der Waals surface area contributed by atoms with E-state index in [1.54, 1.807) is 12.1 Å². The summed E-state index contributed by atoms with van der Waals surface area (Å²) in [5.41, 5.74) is 0.856. The molecule has 0 bridgehead atoms. The largest absolute Gasteiger partial charge is 0.336 e. The van der Waals surface area contributed by atoms with E-state index in [2.05, 4.69) is 10.6 Å². The van der Waals surface area contributed by atoms with Crippen molar-refractivity contribution in [3.8, 4) is 0 Å². The Morgan fingerprint density at radius 1 is 1.50 bits per heavy atom. The number of hydrogen-bond donors (Lipinski definition) is 2. The summed E-state index contributed by atoms with van der Waals surface area (Å²) in [5, 5.41) is 6.76. The van der Waals surface area contributed by atoms with Crippen molar-refractivity contribution in [3.63, 3.8) is 0 Å². The first-order valence-electron chi connectivity index (χ1n) is 6.25. The molecule has 2 N–H and O–H groups in total. The first kappa shape index (κ1) is 15.1. The van der Waals surface area contributed by atoms with E-state index < -0.39 is 0 Å². The molecule has 1 atom stereocenters. The molecule has 0 aromatic heterocycles. The summed E-state index contributed by atoms with van der Waals surface area (Å²) in [6.07, 6.45) is 0. The van der Waals surface area contributed by atoms with Crippen LogP contribution < -0.4 is 10.6 Å². The first-order valence-corrected chi connectivity index (χ1v) is 7.01. The van der Waals surface area contributed by atoms with E-state index >= 15 is 0 Å². The van der Waals surface area contributed by atoms with Gasteiger partial charge in [-0.2, -0.15) is 0 Å². The highest BCUT2D eigenvalue weighted by Crippen LogP contribution is 2.25. The lowest BCUT2D eigenvalue weighted by Crippen LogP contribution is -2.40. The Bertz CT molecular complexity index is 536. The summed E-state index contributed by atoms with van der Waals surface area (Å²) in [7, 11) is 0. The van der Waals surface area contributed by atoms with Crippen molar-refractivity contribution in [2.45, 2.75) is 13.0 Å². The van der Waals surface area contributed by atoms with E-state index in [-0.39, 0.29) is 24.5 Å². The van der Waals surface area contributed by atoms with Crippen molar-refractivity contribution in [1.82, 2.24) is 15.5 Å². The van der Waals surface area contributed by atoms with Crippen LogP contribution in [0.1, 0.15) is 18.5 Å². The second kappa shape index (κ2) is 6.43. The molecule has 0 aliphatic carbocycles. The fraction of sp³-hybridized carbons (Fsp3) is 0.385. The van der Waals surface area contributed by atoms with E-state index in [9.17, 15) is 9.59 Å². The third-order valence-electron chi connectivity index (χ3n) is 3.15. The molecule has 20 heavy (non-hydrogen) atoms. The van der Waals surface area contributed by atoms with Crippen LogP contribution in [0, 0.1) is 0 Å². The minimum absolute atomic E-state index is 0.0769. The van der Waals surface area contributed by atoms with Gasteiger partial charge >= 0.3 is 6.03 Å². The molecule has 108 valence electrons. The number of nitrogens with zero attached hydrogens (tertiary/aromatic N) is 1. The van der Waals surface area contributed by atoms with Gasteiger partial charge in [0.15, 0.2) is 0 Å². The Morgan fingerprint density at radius 2 is 2.25 bits per heavy atom. The Labute approximate surface area is 127 Å². The lowest BCUT2D eigenvalue weighted by Gasteiger charge is -2.18. The Balaban J connectivity index is 1.93. The van der Waals surface area contributed by atoms with Gasteiger partial charge in [0.1, 0.15) is 0 Å². The van der Waals surface area contributed by atoms with E-state index in [0.717, 1.165) is 5.56 Å². The number of carbonyl (C=O) groups excluding carboxylic acids is 2. The number of amides is 3. The summed E-state index contributed by atoms with van der Waals surface area (Å²) in [6, 6.07) is 4.77. The summed E-state index contributed by atoms with van der Waals surface area (Å²) >= 11 is 11.9. The zero-order valence-corrected chi connectivity index (χ0v) is 12.5. The second-order valence-electron chi connectivity index (χ2n) is 4.55. The predicted molar refractivity (Wildman–Crippen MR) is 78.0 cm³/mol. The van der Waals surface area contributed by atoms with Crippen molar-refractivity contribution in [2.24, 2.45) is 0 Å². The summed E-state index contributed by atoms with van der Waals surface area (Å²) in [4.78, 5) is 24.4. The zero-order valence-electron chi connectivity index (χ0n) is 11.0. The van der Waals surface area contributed by atoms with Gasteiger partial charge in [-0.05, 0) is 24.6 Å². The number of benzene rings is 1. The van der Waals surface area contributed by atoms with Gasteiger partial charge in [-0.3, -0.25) is 9.69 Å². The van der Waals surface area contributed by atoms with E-state index in [1.807, 2.05) is 13.0 Å². The predicted octanol–water partition coefficient (Wildman–Crippen LogP) is 2.20. The van der Waals surface area contributed by atoms with Gasteiger partial charge in [0.05, 0.1) is 6.54 Å². The Kier molecular flexibility index (Phi) is 4.86. The maximum absolute atomic E-state index is 11.9. The fourth-order valence-electron chi connectivity index (χ4n) is 2.01. The first-order chi connectivity index (χ1) is 9.49. The molecular formula is C13H15Cl2N3O2. The minimum Gasteiger partial charge on any atom is -0.336 e. The smallest absolute Gasteiger partial charge is 0.324 e. The quantitative estimate of drug-likeness (QED) is 0.895. The van der Waals surface area contributed by atoms with Crippen LogP contribution >= 0.6 is 23.2 Å². The van der Waals surface area contributed by atoms with Crippen LogP contribution in [0.15, 0.2) is 18.2 Å². The van der Waals surface area contributed by atoms with E-state index in [4.69, 9.17) is 23.2 Å². The number of nitrogens with one attached hydrogen (secondary N) is 2. The number of halogens is 2. The van der Waals surface area contributed by atoms with Gasteiger partial charge in [-0.15, -0.1) is 0 Å². The molecule has 5 nitrogen and oxygen atoms in total. The van der Waals surface area contributed by atoms with Crippen LogP contribution in [0.3, 0.4) is 0 Å². The number of carbonyl (C=O) groups is 2. The van der Waals surface area contributed by atoms with Gasteiger partial charge < -0.3 is 10.6 Å². The Hall–Kier alpha value is -1.30. The van der Waals surface area contributed by atoms with Crippen LogP contribution in [0.2, 0.25) is 10.0 Å². The summed E-state index contributed by atoms with van der Waals surface area (Å²) in [6.45, 7) is 2.89. The van der Waals surface area contributed by atoms with E-state index in [0.29, 0.717) is 23.1 Å². The molecule has 1 heterocycles. The molecule has 0 unspecified atom stereocenters. The average molecular weight is 316 g/mol. The molecule has 1 fully saturated rings. The maximum Gasteiger partial charge on any atom is 0.324 e. The molecular weight excluding hydrogens is 301 g/mol. The lowest BCUT2D eigenvalue weighted by atomic mass is 10.1. The van der Waals surface area contributed by atoms with Gasteiger partial charge in [-0.25, -0.2) is 4.79 Å². The average Bonchev–Trinajstić information content (AvgIpc) is 2.82. The van der Waals surface area contributed by atoms with Crippen molar-refractivity contribution in [1.29, 1.82) is 0 Å². The van der Waals surface area contributed by atoms with Crippen molar-refractivity contribution < 1.29 is 9.59 Å². The molecule has 0 saturated carbocycles. The standard InChI is InChI=1S/C13H15Cl2N3O2/c1-8(10-3-2-9(14)6-11(10)15)17-7-12(19)18-5-4-16-13(18)20/h2-3,6,8,17H,4-5,7H2,1H3,(H,16,20)/t8-/m1/s1. The zero-order chi connectivity index (χ0) is 14.7. The fourth-order valence-corrected chi connectivity index (χ4v) is 2.58. The molecule has 1 aromatic carbocycles. The van der Waals surface area contributed by atoms with Gasteiger partial charge in [0.25, 0.3) is 0 Å². The lowest BCUT2D eigenvalue weighted by molar-refractivity contribution is -0.126. The van der Waals surface area contributed by atoms with Crippen molar-refractivity contribution >= 4 is 35.1 Å². The normalized spacial score (nSPS) is 16.1. The van der Waals surface area contributed by atoms with Crippen LogP contribution in [-0.2, 0) is 4.79 Å². The summed E-state index contributed by atoms with van der Waals surface area (Å²) in [5.74, 6) is -0.253. The van der Waals surface area contributed by atoms with Crippen molar-refractivity contribution in [3.05, 3.63) is 33.8 Å². The number of hydrogen-bond acceptors (Lipinski definition) is 3. The van der Waals surface area contributed by atoms with Crippen LogP contribution in [0.25, 0.3) is 0 Å².